The SMILES string of the molecule is O=C(O)Cc1cc(Br)c(C(F)(F)F)cn1. The Balaban J connectivity index is 3.04. The van der Waals surface area contributed by atoms with Crippen LogP contribution in [0.25, 0.3) is 0 Å². The van der Waals surface area contributed by atoms with Gasteiger partial charge >= 0.3 is 12.1 Å². The molecule has 0 radical (unpaired) electrons. The molecule has 0 aromatic carbocycles. The van der Waals surface area contributed by atoms with Gasteiger partial charge in [-0.05, 0) is 6.07 Å². The number of rotatable bonds is 2. The molecule has 0 unspecified atom stereocenters. The van der Waals surface area contributed by atoms with Gasteiger partial charge in [-0.1, -0.05) is 15.9 Å². The number of hydrogen-bond acceptors (Lipinski definition) is 2. The first-order valence-electron chi connectivity index (χ1n) is 3.74. The van der Waals surface area contributed by atoms with Crippen LogP contribution < -0.4 is 0 Å². The molecule has 1 heterocycles. The Kier molecular flexibility index (Phi) is 3.33. The smallest absolute Gasteiger partial charge is 0.418 e. The van der Waals surface area contributed by atoms with Gasteiger partial charge in [-0.25, -0.2) is 0 Å². The first kappa shape index (κ1) is 12.0. The molecule has 1 N–H and O–H groups in total. The van der Waals surface area contributed by atoms with Crippen molar-refractivity contribution in [1.82, 2.24) is 4.98 Å². The molecule has 0 aliphatic rings. The molecule has 0 fully saturated rings. The van der Waals surface area contributed by atoms with Crippen molar-refractivity contribution in [2.45, 2.75) is 12.6 Å². The maximum atomic E-state index is 12.3. The Labute approximate surface area is 91.1 Å². The van der Waals surface area contributed by atoms with Gasteiger partial charge in [0.05, 0.1) is 17.7 Å². The molecule has 0 bridgehead atoms. The Morgan fingerprint density at radius 2 is 2.13 bits per heavy atom. The summed E-state index contributed by atoms with van der Waals surface area (Å²) in [6.45, 7) is 0. The maximum Gasteiger partial charge on any atom is 0.418 e. The number of carboxylic acid groups (broad SMARTS) is 1. The van der Waals surface area contributed by atoms with Crippen LogP contribution in [-0.4, -0.2) is 16.1 Å². The van der Waals surface area contributed by atoms with Gasteiger partial charge in [-0.3, -0.25) is 9.78 Å². The van der Waals surface area contributed by atoms with Crippen LogP contribution in [0.15, 0.2) is 16.7 Å². The number of pyridine rings is 1. The standard InChI is InChI=1S/C8H5BrF3NO2/c9-6-1-4(2-7(14)15)13-3-5(6)8(10,11)12/h1,3H,2H2,(H,14,15). The van der Waals surface area contributed by atoms with Crippen molar-refractivity contribution in [1.29, 1.82) is 0 Å². The Morgan fingerprint density at radius 1 is 1.53 bits per heavy atom. The summed E-state index contributed by atoms with van der Waals surface area (Å²) in [5.41, 5.74) is -0.848. The zero-order valence-electron chi connectivity index (χ0n) is 7.18. The summed E-state index contributed by atoms with van der Waals surface area (Å²) in [6, 6.07) is 1.05. The van der Waals surface area contributed by atoms with Crippen LogP contribution in [0.1, 0.15) is 11.3 Å². The predicted molar refractivity (Wildman–Crippen MR) is 48.3 cm³/mol. The molecule has 0 atom stereocenters. The van der Waals surface area contributed by atoms with Crippen LogP contribution >= 0.6 is 15.9 Å². The van der Waals surface area contributed by atoms with E-state index in [4.69, 9.17) is 5.11 Å². The molecule has 3 nitrogen and oxygen atoms in total. The first-order valence-corrected chi connectivity index (χ1v) is 4.53. The summed E-state index contributed by atoms with van der Waals surface area (Å²) in [5.74, 6) is -1.14. The van der Waals surface area contributed by atoms with Crippen molar-refractivity contribution >= 4 is 21.9 Å². The highest BCUT2D eigenvalue weighted by atomic mass is 79.9. The number of nitrogens with zero attached hydrogens (tertiary/aromatic N) is 1. The number of aromatic nitrogens is 1. The summed E-state index contributed by atoms with van der Waals surface area (Å²) in [7, 11) is 0. The van der Waals surface area contributed by atoms with Crippen LogP contribution in [0.4, 0.5) is 13.2 Å². The molecule has 0 aliphatic heterocycles. The summed E-state index contributed by atoms with van der Waals surface area (Å²) in [5, 5.41) is 8.41. The summed E-state index contributed by atoms with van der Waals surface area (Å²) < 4.78 is 36.6. The largest absolute Gasteiger partial charge is 0.481 e. The van der Waals surface area contributed by atoms with E-state index in [1.165, 1.54) is 0 Å². The van der Waals surface area contributed by atoms with Crippen LogP contribution in [0.2, 0.25) is 0 Å². The van der Waals surface area contributed by atoms with Crippen molar-refractivity contribution in [3.8, 4) is 0 Å². The second kappa shape index (κ2) is 4.18. The van der Waals surface area contributed by atoms with Crippen LogP contribution in [0, 0.1) is 0 Å². The van der Waals surface area contributed by atoms with Gasteiger partial charge < -0.3 is 5.11 Å². The van der Waals surface area contributed by atoms with Gasteiger partial charge in [0.1, 0.15) is 0 Å². The highest BCUT2D eigenvalue weighted by molar-refractivity contribution is 9.10. The zero-order valence-corrected chi connectivity index (χ0v) is 8.76. The van der Waals surface area contributed by atoms with E-state index >= 15 is 0 Å². The van der Waals surface area contributed by atoms with E-state index in [1.807, 2.05) is 0 Å². The monoisotopic (exact) mass is 283 g/mol. The van der Waals surface area contributed by atoms with Gasteiger partial charge in [0.2, 0.25) is 0 Å². The fourth-order valence-corrected chi connectivity index (χ4v) is 1.52. The highest BCUT2D eigenvalue weighted by Gasteiger charge is 2.33. The second-order valence-corrected chi connectivity index (χ2v) is 3.58. The van der Waals surface area contributed by atoms with Crippen LogP contribution in [0.3, 0.4) is 0 Å². The van der Waals surface area contributed by atoms with E-state index in [1.54, 1.807) is 0 Å². The molecule has 1 aromatic rings. The average Bonchev–Trinajstić information content (AvgIpc) is 1.99. The Morgan fingerprint density at radius 3 is 2.53 bits per heavy atom. The number of carbonyl (C=O) groups is 1. The molecular weight excluding hydrogens is 279 g/mol. The van der Waals surface area contributed by atoms with E-state index in [9.17, 15) is 18.0 Å². The molecule has 0 saturated carbocycles. The lowest BCUT2D eigenvalue weighted by Crippen LogP contribution is -2.09. The quantitative estimate of drug-likeness (QED) is 0.907. The normalized spacial score (nSPS) is 11.5. The fourth-order valence-electron chi connectivity index (χ4n) is 0.931. The minimum absolute atomic E-state index is 0.0716. The van der Waals surface area contributed by atoms with E-state index in [0.29, 0.717) is 6.20 Å². The molecule has 0 aliphatic carbocycles. The Hall–Kier alpha value is -1.11. The molecular formula is C8H5BrF3NO2. The van der Waals surface area contributed by atoms with Gasteiger partial charge in [0.15, 0.2) is 0 Å². The van der Waals surface area contributed by atoms with E-state index in [2.05, 4.69) is 20.9 Å². The summed E-state index contributed by atoms with van der Waals surface area (Å²) in [6.07, 6.45) is -4.29. The van der Waals surface area contributed by atoms with E-state index in [-0.39, 0.29) is 10.2 Å². The predicted octanol–water partition coefficient (Wildman–Crippen LogP) is 2.49. The molecule has 1 rings (SSSR count). The molecule has 0 saturated heterocycles. The molecule has 0 spiro atoms. The fraction of sp³-hybridized carbons (Fsp3) is 0.250. The molecule has 1 aromatic heterocycles. The zero-order chi connectivity index (χ0) is 11.6. The number of hydrogen-bond donors (Lipinski definition) is 1. The van der Waals surface area contributed by atoms with Crippen LogP contribution in [-0.2, 0) is 17.4 Å². The average molecular weight is 284 g/mol. The van der Waals surface area contributed by atoms with Gasteiger partial charge in [0.25, 0.3) is 0 Å². The number of halogens is 4. The van der Waals surface area contributed by atoms with Gasteiger partial charge in [-0.2, -0.15) is 13.2 Å². The Bertz CT molecular complexity index is 392. The van der Waals surface area contributed by atoms with Crippen molar-refractivity contribution in [3.63, 3.8) is 0 Å². The number of carboxylic acids is 1. The van der Waals surface area contributed by atoms with Gasteiger partial charge in [-0.15, -0.1) is 0 Å². The molecule has 7 heteroatoms. The third-order valence-electron chi connectivity index (χ3n) is 1.55. The first-order chi connectivity index (χ1) is 6.80. The molecule has 82 valence electrons. The lowest BCUT2D eigenvalue weighted by atomic mass is 10.2. The number of aliphatic carboxylic acids is 1. The maximum absolute atomic E-state index is 12.3. The molecule has 0 amide bonds. The van der Waals surface area contributed by atoms with Crippen LogP contribution in [0.5, 0.6) is 0 Å². The molecule has 15 heavy (non-hydrogen) atoms. The second-order valence-electron chi connectivity index (χ2n) is 2.72. The lowest BCUT2D eigenvalue weighted by Gasteiger charge is -2.08. The third-order valence-corrected chi connectivity index (χ3v) is 2.20. The van der Waals surface area contributed by atoms with E-state index in [0.717, 1.165) is 6.07 Å². The third kappa shape index (κ3) is 3.19. The minimum atomic E-state index is -4.49. The topological polar surface area (TPSA) is 50.2 Å². The van der Waals surface area contributed by atoms with Crippen molar-refractivity contribution in [3.05, 3.63) is 28.0 Å². The van der Waals surface area contributed by atoms with Crippen molar-refractivity contribution in [2.24, 2.45) is 0 Å². The van der Waals surface area contributed by atoms with Gasteiger partial charge in [0, 0.05) is 10.7 Å². The lowest BCUT2D eigenvalue weighted by molar-refractivity contribution is -0.138. The highest BCUT2D eigenvalue weighted by Crippen LogP contribution is 2.34. The van der Waals surface area contributed by atoms with Crippen molar-refractivity contribution in [2.75, 3.05) is 0 Å². The number of alkyl halides is 3. The van der Waals surface area contributed by atoms with E-state index < -0.39 is 24.1 Å². The minimum Gasteiger partial charge on any atom is -0.481 e. The summed E-state index contributed by atoms with van der Waals surface area (Å²) in [4.78, 5) is 13.7. The summed E-state index contributed by atoms with van der Waals surface area (Å²) >= 11 is 2.72. The van der Waals surface area contributed by atoms with Crippen molar-refractivity contribution < 1.29 is 23.1 Å².